The molecule has 0 unspecified atom stereocenters. The average Bonchev–Trinajstić information content (AvgIpc) is 1.60. The molecule has 0 saturated carbocycles. The van der Waals surface area contributed by atoms with Crippen molar-refractivity contribution in [3.63, 3.8) is 0 Å². The minimum absolute atomic E-state index is 0.674. The third-order valence-electron chi connectivity index (χ3n) is 0.570. The lowest BCUT2D eigenvalue weighted by molar-refractivity contribution is 0.142. The number of hydrogen-bond donors (Lipinski definition) is 0. The zero-order valence-corrected chi connectivity index (χ0v) is 7.23. The maximum atomic E-state index is 10.7. The summed E-state index contributed by atoms with van der Waals surface area (Å²) in [6.07, 6.45) is 0. The van der Waals surface area contributed by atoms with E-state index in [0.29, 0.717) is 0 Å². The Morgan fingerprint density at radius 2 is 1.80 bits per heavy atom. The molecule has 0 saturated heterocycles. The molecule has 0 heterocycles. The lowest BCUT2D eigenvalue weighted by Gasteiger charge is -2.16. The van der Waals surface area contributed by atoms with Crippen LogP contribution in [0, 0.1) is 0 Å². The van der Waals surface area contributed by atoms with Crippen molar-refractivity contribution in [2.24, 2.45) is 0 Å². The number of rotatable bonds is 2. The highest BCUT2D eigenvalue weighted by molar-refractivity contribution is 7.89. The predicted octanol–water partition coefficient (Wildman–Crippen LogP) is 1.27. The van der Waals surface area contributed by atoms with Gasteiger partial charge in [-0.25, -0.2) is 0 Å². The first-order valence-corrected chi connectivity index (χ1v) is 4.32. The van der Waals surface area contributed by atoms with E-state index in [4.69, 9.17) is 0 Å². The Hall–Kier alpha value is -0.350. The maximum absolute atomic E-state index is 10.7. The van der Waals surface area contributed by atoms with Crippen molar-refractivity contribution < 1.29 is 12.6 Å². The van der Waals surface area contributed by atoms with Gasteiger partial charge < -0.3 is 0 Å². The van der Waals surface area contributed by atoms with Crippen molar-refractivity contribution in [2.45, 2.75) is 26.4 Å². The fourth-order valence-electron chi connectivity index (χ4n) is 0.382. The standard InChI is InChI=1S/C6H12O3S/c1-5-10(7,8)9-6(2,3)4/h5H,1H2,2-4H3. The van der Waals surface area contributed by atoms with Crippen molar-refractivity contribution in [2.75, 3.05) is 0 Å². The molecule has 10 heavy (non-hydrogen) atoms. The van der Waals surface area contributed by atoms with Crippen molar-refractivity contribution in [3.8, 4) is 0 Å². The molecule has 0 atom stereocenters. The molecule has 0 rings (SSSR count). The van der Waals surface area contributed by atoms with Gasteiger partial charge in [-0.1, -0.05) is 6.58 Å². The first kappa shape index (κ1) is 9.65. The Morgan fingerprint density at radius 3 is 1.90 bits per heavy atom. The van der Waals surface area contributed by atoms with Gasteiger partial charge in [0.2, 0.25) is 0 Å². The van der Waals surface area contributed by atoms with Crippen LogP contribution in [0.3, 0.4) is 0 Å². The van der Waals surface area contributed by atoms with E-state index in [1.807, 2.05) is 0 Å². The third-order valence-corrected chi connectivity index (χ3v) is 1.71. The Kier molecular flexibility index (Phi) is 2.62. The zero-order valence-electron chi connectivity index (χ0n) is 6.42. The van der Waals surface area contributed by atoms with Crippen LogP contribution in [-0.4, -0.2) is 14.0 Å². The van der Waals surface area contributed by atoms with Gasteiger partial charge in [-0.3, -0.25) is 4.18 Å². The molecule has 0 fully saturated rings. The second-order valence-electron chi connectivity index (χ2n) is 2.86. The van der Waals surface area contributed by atoms with Crippen LogP contribution in [0.1, 0.15) is 20.8 Å². The molecule has 0 N–H and O–H groups in total. The van der Waals surface area contributed by atoms with Gasteiger partial charge in [0, 0.05) is 0 Å². The van der Waals surface area contributed by atoms with Gasteiger partial charge in [0.1, 0.15) is 0 Å². The van der Waals surface area contributed by atoms with Gasteiger partial charge in [0.25, 0.3) is 10.1 Å². The molecule has 0 amide bonds. The fourth-order valence-corrected chi connectivity index (χ4v) is 1.15. The lowest BCUT2D eigenvalue weighted by atomic mass is 10.2. The van der Waals surface area contributed by atoms with E-state index >= 15 is 0 Å². The summed E-state index contributed by atoms with van der Waals surface area (Å²) >= 11 is 0. The topological polar surface area (TPSA) is 43.4 Å². The summed E-state index contributed by atoms with van der Waals surface area (Å²) in [6.45, 7) is 8.09. The Labute approximate surface area is 61.8 Å². The second kappa shape index (κ2) is 2.72. The van der Waals surface area contributed by atoms with E-state index in [2.05, 4.69) is 10.8 Å². The van der Waals surface area contributed by atoms with Crippen LogP contribution in [0.15, 0.2) is 12.0 Å². The summed E-state index contributed by atoms with van der Waals surface area (Å²) in [6, 6.07) is 0. The second-order valence-corrected chi connectivity index (χ2v) is 4.34. The molecule has 0 aliphatic heterocycles. The summed E-state index contributed by atoms with van der Waals surface area (Å²) in [5.74, 6) is 0. The smallest absolute Gasteiger partial charge is 0.261 e. The van der Waals surface area contributed by atoms with Crippen LogP contribution in [0.25, 0.3) is 0 Å². The summed E-state index contributed by atoms with van der Waals surface area (Å²) in [4.78, 5) is 0. The molecule has 0 aromatic rings. The summed E-state index contributed by atoms with van der Waals surface area (Å²) in [5, 5.41) is 0.790. The zero-order chi connectivity index (χ0) is 8.41. The van der Waals surface area contributed by atoms with E-state index < -0.39 is 15.7 Å². The highest BCUT2D eigenvalue weighted by Gasteiger charge is 2.18. The lowest BCUT2D eigenvalue weighted by Crippen LogP contribution is -2.22. The van der Waals surface area contributed by atoms with Gasteiger partial charge in [-0.15, -0.1) is 0 Å². The van der Waals surface area contributed by atoms with Gasteiger partial charge in [0.05, 0.1) is 11.0 Å². The predicted molar refractivity (Wildman–Crippen MR) is 40.0 cm³/mol. The largest absolute Gasteiger partial charge is 0.289 e. The highest BCUT2D eigenvalue weighted by atomic mass is 32.2. The molecule has 0 spiro atoms. The average molecular weight is 164 g/mol. The molecule has 0 aliphatic rings. The van der Waals surface area contributed by atoms with Crippen LogP contribution in [0.5, 0.6) is 0 Å². The monoisotopic (exact) mass is 164 g/mol. The third kappa shape index (κ3) is 4.52. The van der Waals surface area contributed by atoms with E-state index in [1.165, 1.54) is 0 Å². The molecular formula is C6H12O3S. The van der Waals surface area contributed by atoms with Crippen LogP contribution in [-0.2, 0) is 14.3 Å². The SMILES string of the molecule is C=CS(=O)(=O)OC(C)(C)C. The van der Waals surface area contributed by atoms with Gasteiger partial charge in [-0.2, -0.15) is 8.42 Å². The quantitative estimate of drug-likeness (QED) is 0.577. The molecule has 0 radical (unpaired) electrons. The van der Waals surface area contributed by atoms with Gasteiger partial charge in [-0.05, 0) is 20.8 Å². The fraction of sp³-hybridized carbons (Fsp3) is 0.667. The van der Waals surface area contributed by atoms with Gasteiger partial charge >= 0.3 is 0 Å². The van der Waals surface area contributed by atoms with Crippen molar-refractivity contribution in [1.29, 1.82) is 0 Å². The number of hydrogen-bond acceptors (Lipinski definition) is 3. The summed E-state index contributed by atoms with van der Waals surface area (Å²) in [5.41, 5.74) is -0.674. The summed E-state index contributed by atoms with van der Waals surface area (Å²) in [7, 11) is -3.51. The minimum atomic E-state index is -3.51. The van der Waals surface area contributed by atoms with Crippen molar-refractivity contribution in [1.82, 2.24) is 0 Å². The van der Waals surface area contributed by atoms with Crippen LogP contribution in [0.2, 0.25) is 0 Å². The first-order chi connectivity index (χ1) is 4.27. The van der Waals surface area contributed by atoms with Crippen LogP contribution in [0.4, 0.5) is 0 Å². The van der Waals surface area contributed by atoms with E-state index in [0.717, 1.165) is 5.41 Å². The Bertz CT molecular complexity index is 208. The van der Waals surface area contributed by atoms with Crippen LogP contribution >= 0.6 is 0 Å². The minimum Gasteiger partial charge on any atom is -0.261 e. The molecule has 0 bridgehead atoms. The van der Waals surface area contributed by atoms with Crippen LogP contribution < -0.4 is 0 Å². The summed E-state index contributed by atoms with van der Waals surface area (Å²) < 4.78 is 26.0. The van der Waals surface area contributed by atoms with E-state index in [9.17, 15) is 8.42 Å². The first-order valence-electron chi connectivity index (χ1n) is 2.85. The van der Waals surface area contributed by atoms with Crippen molar-refractivity contribution >= 4 is 10.1 Å². The molecule has 3 nitrogen and oxygen atoms in total. The molecule has 0 aliphatic carbocycles. The molecular weight excluding hydrogens is 152 g/mol. The highest BCUT2D eigenvalue weighted by Crippen LogP contribution is 2.11. The van der Waals surface area contributed by atoms with E-state index in [1.54, 1.807) is 20.8 Å². The molecule has 60 valence electrons. The molecule has 0 aromatic carbocycles. The van der Waals surface area contributed by atoms with E-state index in [-0.39, 0.29) is 0 Å². The molecule has 4 heteroatoms. The van der Waals surface area contributed by atoms with Gasteiger partial charge in [0.15, 0.2) is 0 Å². The normalized spacial score (nSPS) is 13.1. The molecule has 0 aromatic heterocycles. The Balaban J connectivity index is 4.32. The van der Waals surface area contributed by atoms with Crippen molar-refractivity contribution in [3.05, 3.63) is 12.0 Å². The maximum Gasteiger partial charge on any atom is 0.289 e. The Morgan fingerprint density at radius 1 is 1.40 bits per heavy atom.